The number of benzene rings is 2. The van der Waals surface area contributed by atoms with Crippen molar-refractivity contribution in [1.29, 1.82) is 0 Å². The molecule has 160 valence electrons. The molecule has 31 heavy (non-hydrogen) atoms. The molecule has 0 saturated heterocycles. The maximum Gasteiger partial charge on any atom is 0.339 e. The minimum atomic E-state index is -0.546. The van der Waals surface area contributed by atoms with Crippen LogP contribution in [0, 0.1) is 0 Å². The molecule has 0 bridgehead atoms. The van der Waals surface area contributed by atoms with Crippen molar-refractivity contribution in [2.24, 2.45) is 0 Å². The zero-order chi connectivity index (χ0) is 22.2. The minimum absolute atomic E-state index is 0.0171. The van der Waals surface area contributed by atoms with Gasteiger partial charge < -0.3 is 20.4 Å². The minimum Gasteiger partial charge on any atom is -0.465 e. The summed E-state index contributed by atoms with van der Waals surface area (Å²) in [7, 11) is 1.27. The van der Waals surface area contributed by atoms with E-state index in [-0.39, 0.29) is 23.0 Å². The Morgan fingerprint density at radius 1 is 1.13 bits per heavy atom. The Morgan fingerprint density at radius 2 is 1.84 bits per heavy atom. The number of anilines is 2. The van der Waals surface area contributed by atoms with E-state index in [1.54, 1.807) is 28.8 Å². The molecule has 0 aliphatic rings. The normalized spacial score (nSPS) is 10.5. The number of ether oxygens (including phenoxy) is 1. The smallest absolute Gasteiger partial charge is 0.339 e. The van der Waals surface area contributed by atoms with Crippen LogP contribution < -0.4 is 16.6 Å². The van der Waals surface area contributed by atoms with Gasteiger partial charge in [0, 0.05) is 12.6 Å². The van der Waals surface area contributed by atoms with Crippen LogP contribution in [0.15, 0.2) is 70.6 Å². The number of carbonyl (C=O) groups is 2. The first-order valence-electron chi connectivity index (χ1n) is 9.49. The molecule has 3 aromatic rings. The molecule has 0 aliphatic heterocycles. The second-order valence-electron chi connectivity index (χ2n) is 6.56. The number of nitrogens with two attached hydrogens (primary N) is 1. The summed E-state index contributed by atoms with van der Waals surface area (Å²) in [5.74, 6) is -0.630. The molecule has 0 aliphatic carbocycles. The fraction of sp³-hybridized carbons (Fsp3) is 0.182. The molecule has 0 radical (unpaired) electrons. The maximum atomic E-state index is 12.5. The number of aromatic nitrogens is 2. The third-order valence-electron chi connectivity index (χ3n) is 4.43. The molecule has 3 N–H and O–H groups in total. The van der Waals surface area contributed by atoms with Crippen molar-refractivity contribution < 1.29 is 14.3 Å². The fourth-order valence-electron chi connectivity index (χ4n) is 2.92. The molecule has 2 aromatic carbocycles. The Labute approximate surface area is 183 Å². The number of esters is 1. The first kappa shape index (κ1) is 22.1. The van der Waals surface area contributed by atoms with Gasteiger partial charge in [0.25, 0.3) is 5.56 Å². The van der Waals surface area contributed by atoms with Gasteiger partial charge in [0.2, 0.25) is 5.91 Å². The molecule has 1 aromatic heterocycles. The van der Waals surface area contributed by atoms with Gasteiger partial charge in [-0.05, 0) is 24.1 Å². The van der Waals surface area contributed by atoms with E-state index in [0.717, 1.165) is 17.3 Å². The van der Waals surface area contributed by atoms with Gasteiger partial charge in [-0.15, -0.1) is 0 Å². The number of hydrogen-bond donors (Lipinski definition) is 2. The van der Waals surface area contributed by atoms with Crippen molar-refractivity contribution in [3.05, 3.63) is 82.1 Å². The number of aryl methyl sites for hydroxylation is 1. The first-order chi connectivity index (χ1) is 15.0. The third kappa shape index (κ3) is 5.95. The van der Waals surface area contributed by atoms with Crippen LogP contribution in [0.5, 0.6) is 0 Å². The number of methoxy groups -OCH3 is 1. The predicted molar refractivity (Wildman–Crippen MR) is 120 cm³/mol. The molecule has 0 spiro atoms. The van der Waals surface area contributed by atoms with E-state index in [4.69, 9.17) is 10.5 Å². The summed E-state index contributed by atoms with van der Waals surface area (Å²) >= 11 is 1.10. The fourth-order valence-corrected chi connectivity index (χ4v) is 3.76. The predicted octanol–water partition coefficient (Wildman–Crippen LogP) is 2.59. The summed E-state index contributed by atoms with van der Waals surface area (Å²) in [5.41, 5.74) is 7.30. The number of amides is 1. The van der Waals surface area contributed by atoms with Gasteiger partial charge in [0.05, 0.1) is 24.1 Å². The van der Waals surface area contributed by atoms with E-state index >= 15 is 0 Å². The summed E-state index contributed by atoms with van der Waals surface area (Å²) in [4.78, 5) is 40.2. The molecule has 1 amide bonds. The molecule has 9 heteroatoms. The highest BCUT2D eigenvalue weighted by molar-refractivity contribution is 7.99. The van der Waals surface area contributed by atoms with E-state index in [0.29, 0.717) is 23.8 Å². The maximum absolute atomic E-state index is 12.5. The lowest BCUT2D eigenvalue weighted by Crippen LogP contribution is -2.21. The van der Waals surface area contributed by atoms with Crippen molar-refractivity contribution in [2.45, 2.75) is 18.1 Å². The number of nitrogens with zero attached hydrogens (tertiary/aromatic N) is 2. The molecule has 0 fully saturated rings. The van der Waals surface area contributed by atoms with E-state index < -0.39 is 11.5 Å². The number of nitrogen functional groups attached to an aromatic ring is 1. The van der Waals surface area contributed by atoms with Crippen molar-refractivity contribution in [2.75, 3.05) is 23.9 Å². The van der Waals surface area contributed by atoms with Crippen LogP contribution in [0.4, 0.5) is 11.5 Å². The van der Waals surface area contributed by atoms with Crippen molar-refractivity contribution in [3.63, 3.8) is 0 Å². The molecular weight excluding hydrogens is 416 g/mol. The summed E-state index contributed by atoms with van der Waals surface area (Å²) < 4.78 is 6.45. The summed E-state index contributed by atoms with van der Waals surface area (Å²) in [6.45, 7) is 0.512. The van der Waals surface area contributed by atoms with Crippen LogP contribution in [0.2, 0.25) is 0 Å². The van der Waals surface area contributed by atoms with Crippen LogP contribution in [0.1, 0.15) is 15.9 Å². The lowest BCUT2D eigenvalue weighted by Gasteiger charge is -2.15. The molecule has 3 rings (SSSR count). The van der Waals surface area contributed by atoms with Crippen LogP contribution in [-0.2, 0) is 22.5 Å². The van der Waals surface area contributed by atoms with Crippen LogP contribution in [-0.4, -0.2) is 34.3 Å². The average Bonchev–Trinajstić information content (AvgIpc) is 2.77. The van der Waals surface area contributed by atoms with E-state index in [2.05, 4.69) is 10.3 Å². The molecule has 8 nitrogen and oxygen atoms in total. The zero-order valence-electron chi connectivity index (χ0n) is 16.9. The zero-order valence-corrected chi connectivity index (χ0v) is 17.7. The van der Waals surface area contributed by atoms with Crippen molar-refractivity contribution in [3.8, 4) is 0 Å². The second-order valence-corrected chi connectivity index (χ2v) is 7.51. The van der Waals surface area contributed by atoms with E-state index in [9.17, 15) is 14.4 Å². The number of hydrogen-bond acceptors (Lipinski definition) is 7. The van der Waals surface area contributed by atoms with Crippen LogP contribution in [0.3, 0.4) is 0 Å². The van der Waals surface area contributed by atoms with Crippen molar-refractivity contribution >= 4 is 35.1 Å². The Kier molecular flexibility index (Phi) is 7.45. The standard InChI is InChI=1S/C22H22N4O4S/c1-30-21(29)16-9-5-6-10-17(16)24-20(28)14-31-22-25-19(27)13-18(23)26(22)12-11-15-7-3-2-4-8-15/h2-10,13H,11-12,14,23H2,1H3,(H,24,28). The highest BCUT2D eigenvalue weighted by atomic mass is 32.2. The van der Waals surface area contributed by atoms with Gasteiger partial charge >= 0.3 is 5.97 Å². The molecule has 0 saturated carbocycles. The third-order valence-corrected chi connectivity index (χ3v) is 5.40. The second kappa shape index (κ2) is 10.4. The van der Waals surface area contributed by atoms with Gasteiger partial charge in [-0.2, -0.15) is 4.98 Å². The monoisotopic (exact) mass is 438 g/mol. The number of thioether (sulfide) groups is 1. The lowest BCUT2D eigenvalue weighted by atomic mass is 10.1. The molecule has 1 heterocycles. The first-order valence-corrected chi connectivity index (χ1v) is 10.5. The SMILES string of the molecule is COC(=O)c1ccccc1NC(=O)CSc1nc(=O)cc(N)n1CCc1ccccc1. The quantitative estimate of drug-likeness (QED) is 0.315. The van der Waals surface area contributed by atoms with Gasteiger partial charge in [-0.1, -0.05) is 54.2 Å². The van der Waals surface area contributed by atoms with Crippen molar-refractivity contribution in [1.82, 2.24) is 9.55 Å². The highest BCUT2D eigenvalue weighted by Crippen LogP contribution is 2.20. The number of nitrogens with one attached hydrogen (secondary N) is 1. The Balaban J connectivity index is 1.70. The topological polar surface area (TPSA) is 116 Å². The Hall–Kier alpha value is -3.59. The van der Waals surface area contributed by atoms with E-state index in [1.807, 2.05) is 30.3 Å². The van der Waals surface area contributed by atoms with Gasteiger partial charge in [0.1, 0.15) is 5.82 Å². The number of carbonyl (C=O) groups excluding carboxylic acids is 2. The van der Waals surface area contributed by atoms with Gasteiger partial charge in [-0.3, -0.25) is 9.59 Å². The van der Waals surface area contributed by atoms with Crippen LogP contribution in [0.25, 0.3) is 0 Å². The Morgan fingerprint density at radius 3 is 2.58 bits per heavy atom. The van der Waals surface area contributed by atoms with Gasteiger partial charge in [0.15, 0.2) is 5.16 Å². The summed E-state index contributed by atoms with van der Waals surface area (Å²) in [5, 5.41) is 3.05. The van der Waals surface area contributed by atoms with Gasteiger partial charge in [-0.25, -0.2) is 4.79 Å². The molecule has 0 unspecified atom stereocenters. The Bertz CT molecular complexity index is 1130. The highest BCUT2D eigenvalue weighted by Gasteiger charge is 2.15. The largest absolute Gasteiger partial charge is 0.465 e. The summed E-state index contributed by atoms with van der Waals surface area (Å²) in [6, 6.07) is 17.7. The van der Waals surface area contributed by atoms with Crippen LogP contribution >= 0.6 is 11.8 Å². The van der Waals surface area contributed by atoms with E-state index in [1.165, 1.54) is 13.2 Å². The number of para-hydroxylation sites is 1. The molecule has 0 atom stereocenters. The lowest BCUT2D eigenvalue weighted by molar-refractivity contribution is -0.113. The summed E-state index contributed by atoms with van der Waals surface area (Å²) in [6.07, 6.45) is 0.696. The molecular formula is C22H22N4O4S. The average molecular weight is 439 g/mol. The number of rotatable bonds is 8.